The Hall–Kier alpha value is -1.27. The van der Waals surface area contributed by atoms with Gasteiger partial charge in [-0.2, -0.15) is 0 Å². The Bertz CT molecular complexity index is 488. The van der Waals surface area contributed by atoms with Gasteiger partial charge >= 0.3 is 0 Å². The Balaban J connectivity index is 1.93. The second kappa shape index (κ2) is 6.45. The zero-order chi connectivity index (χ0) is 14.7. The third-order valence-electron chi connectivity index (χ3n) is 3.10. The molecule has 0 bridgehead atoms. The van der Waals surface area contributed by atoms with Gasteiger partial charge in [0.2, 0.25) is 5.91 Å². The Morgan fingerprint density at radius 1 is 1.45 bits per heavy atom. The second-order valence-corrected chi connectivity index (χ2v) is 6.04. The van der Waals surface area contributed by atoms with Gasteiger partial charge in [0, 0.05) is 23.7 Å². The summed E-state index contributed by atoms with van der Waals surface area (Å²) >= 11 is 1.27. The lowest BCUT2D eigenvalue weighted by Crippen LogP contribution is -2.48. The second-order valence-electron chi connectivity index (χ2n) is 5.03. The first-order valence-corrected chi connectivity index (χ1v) is 7.55. The van der Waals surface area contributed by atoms with Crippen LogP contribution in [0.15, 0.2) is 23.1 Å². The van der Waals surface area contributed by atoms with E-state index in [-0.39, 0.29) is 29.7 Å². The lowest BCUT2D eigenvalue weighted by Gasteiger charge is -2.35. The summed E-state index contributed by atoms with van der Waals surface area (Å²) in [5.41, 5.74) is 6.26. The smallest absolute Gasteiger partial charge is 0.233 e. The summed E-state index contributed by atoms with van der Waals surface area (Å²) in [6.45, 7) is 5.10. The molecule has 1 heterocycles. The summed E-state index contributed by atoms with van der Waals surface area (Å²) in [5, 5.41) is 0. The highest BCUT2D eigenvalue weighted by molar-refractivity contribution is 8.00. The van der Waals surface area contributed by atoms with E-state index in [1.54, 1.807) is 4.90 Å². The van der Waals surface area contributed by atoms with E-state index in [0.717, 1.165) is 0 Å². The highest BCUT2D eigenvalue weighted by Gasteiger charge is 2.25. The molecule has 6 heteroatoms. The van der Waals surface area contributed by atoms with Gasteiger partial charge in [-0.3, -0.25) is 4.79 Å². The number of thioether (sulfide) groups is 1. The van der Waals surface area contributed by atoms with E-state index in [1.807, 2.05) is 13.8 Å². The highest BCUT2D eigenvalue weighted by Crippen LogP contribution is 2.26. The molecule has 1 aromatic carbocycles. The third-order valence-corrected chi connectivity index (χ3v) is 4.15. The summed E-state index contributed by atoms with van der Waals surface area (Å²) < 4.78 is 18.7. The van der Waals surface area contributed by atoms with Crippen LogP contribution in [0.3, 0.4) is 0 Å². The molecule has 1 aliphatic heterocycles. The minimum atomic E-state index is -0.345. The molecule has 20 heavy (non-hydrogen) atoms. The van der Waals surface area contributed by atoms with Crippen LogP contribution in [0, 0.1) is 5.82 Å². The molecule has 1 saturated heterocycles. The van der Waals surface area contributed by atoms with Gasteiger partial charge in [-0.15, -0.1) is 11.8 Å². The number of anilines is 1. The van der Waals surface area contributed by atoms with Crippen LogP contribution in [0.5, 0.6) is 0 Å². The Kier molecular flexibility index (Phi) is 4.88. The van der Waals surface area contributed by atoms with Gasteiger partial charge in [-0.25, -0.2) is 4.39 Å². The molecular weight excluding hydrogens is 279 g/mol. The molecule has 2 N–H and O–H groups in total. The number of carbonyl (C=O) groups is 1. The van der Waals surface area contributed by atoms with E-state index in [4.69, 9.17) is 10.5 Å². The molecule has 0 radical (unpaired) electrons. The number of nitrogens with zero attached hydrogens (tertiary/aromatic N) is 1. The van der Waals surface area contributed by atoms with Crippen LogP contribution >= 0.6 is 11.8 Å². The molecular formula is C14H19FN2O2S. The molecule has 0 spiro atoms. The van der Waals surface area contributed by atoms with Crippen LogP contribution in [-0.2, 0) is 9.53 Å². The molecule has 110 valence electrons. The number of morpholine rings is 1. The van der Waals surface area contributed by atoms with Crippen molar-refractivity contribution in [3.05, 3.63) is 24.0 Å². The number of nitrogen functional groups attached to an aromatic ring is 1. The topological polar surface area (TPSA) is 55.6 Å². The van der Waals surface area contributed by atoms with Crippen LogP contribution in [0.2, 0.25) is 0 Å². The van der Waals surface area contributed by atoms with Crippen molar-refractivity contribution in [1.29, 1.82) is 0 Å². The number of hydrogen-bond donors (Lipinski definition) is 1. The van der Waals surface area contributed by atoms with E-state index in [0.29, 0.717) is 23.7 Å². The van der Waals surface area contributed by atoms with Gasteiger partial charge in [0.15, 0.2) is 0 Å². The highest BCUT2D eigenvalue weighted by atomic mass is 32.2. The normalized spacial score (nSPS) is 22.9. The van der Waals surface area contributed by atoms with E-state index in [2.05, 4.69) is 0 Å². The molecule has 2 unspecified atom stereocenters. The SMILES string of the molecule is CC1CN(C(=O)CSc2cc(F)ccc2N)CC(C)O1. The number of nitrogens with two attached hydrogens (primary N) is 1. The molecule has 2 atom stereocenters. The maximum atomic E-state index is 13.1. The molecule has 0 aliphatic carbocycles. The molecule has 1 amide bonds. The quantitative estimate of drug-likeness (QED) is 0.686. The van der Waals surface area contributed by atoms with Crippen LogP contribution in [0.25, 0.3) is 0 Å². The number of hydrogen-bond acceptors (Lipinski definition) is 4. The van der Waals surface area contributed by atoms with Gasteiger partial charge in [0.05, 0.1) is 18.0 Å². The van der Waals surface area contributed by atoms with Crippen molar-refractivity contribution in [2.75, 3.05) is 24.6 Å². The van der Waals surface area contributed by atoms with Crippen molar-refractivity contribution in [1.82, 2.24) is 4.90 Å². The summed E-state index contributed by atoms with van der Waals surface area (Å²) in [6, 6.07) is 4.19. The van der Waals surface area contributed by atoms with E-state index < -0.39 is 0 Å². The largest absolute Gasteiger partial charge is 0.398 e. The van der Waals surface area contributed by atoms with Crippen molar-refractivity contribution < 1.29 is 13.9 Å². The minimum Gasteiger partial charge on any atom is -0.398 e. The lowest BCUT2D eigenvalue weighted by molar-refractivity contribution is -0.140. The lowest BCUT2D eigenvalue weighted by atomic mass is 10.2. The molecule has 4 nitrogen and oxygen atoms in total. The Morgan fingerprint density at radius 2 is 2.10 bits per heavy atom. The summed E-state index contributed by atoms with van der Waals surface area (Å²) in [5.74, 6) is -0.0592. The molecule has 1 fully saturated rings. The summed E-state index contributed by atoms with van der Waals surface area (Å²) in [7, 11) is 0. The van der Waals surface area contributed by atoms with Crippen molar-refractivity contribution in [3.8, 4) is 0 Å². The number of amides is 1. The maximum absolute atomic E-state index is 13.1. The minimum absolute atomic E-state index is 0.0284. The molecule has 0 saturated carbocycles. The van der Waals surface area contributed by atoms with Crippen molar-refractivity contribution in [2.24, 2.45) is 0 Å². The zero-order valence-corrected chi connectivity index (χ0v) is 12.5. The monoisotopic (exact) mass is 298 g/mol. The van der Waals surface area contributed by atoms with Gasteiger partial charge in [-0.05, 0) is 32.0 Å². The molecule has 2 rings (SSSR count). The van der Waals surface area contributed by atoms with Crippen molar-refractivity contribution in [2.45, 2.75) is 31.0 Å². The first-order chi connectivity index (χ1) is 9.45. The summed E-state index contributed by atoms with van der Waals surface area (Å²) in [6.07, 6.45) is 0.0962. The van der Waals surface area contributed by atoms with E-state index >= 15 is 0 Å². The standard InChI is InChI=1S/C14H19FN2O2S/c1-9-6-17(7-10(2)19-9)14(18)8-20-13-5-11(15)3-4-12(13)16/h3-5,9-10H,6-8,16H2,1-2H3. The van der Waals surface area contributed by atoms with Gasteiger partial charge in [0.25, 0.3) is 0 Å². The number of ether oxygens (including phenoxy) is 1. The van der Waals surface area contributed by atoms with Gasteiger partial charge < -0.3 is 15.4 Å². The fourth-order valence-corrected chi connectivity index (χ4v) is 3.14. The molecule has 0 aromatic heterocycles. The Morgan fingerprint density at radius 3 is 2.75 bits per heavy atom. The van der Waals surface area contributed by atoms with E-state index in [1.165, 1.54) is 30.0 Å². The number of rotatable bonds is 3. The predicted molar refractivity (Wildman–Crippen MR) is 78.1 cm³/mol. The Labute approximate surface area is 122 Å². The van der Waals surface area contributed by atoms with E-state index in [9.17, 15) is 9.18 Å². The van der Waals surface area contributed by atoms with Crippen LogP contribution in [0.1, 0.15) is 13.8 Å². The third kappa shape index (κ3) is 3.86. The number of carbonyl (C=O) groups excluding carboxylic acids is 1. The van der Waals surface area contributed by atoms with Gasteiger partial charge in [-0.1, -0.05) is 0 Å². The number of benzene rings is 1. The fourth-order valence-electron chi connectivity index (χ4n) is 2.25. The average Bonchev–Trinajstić information content (AvgIpc) is 2.38. The van der Waals surface area contributed by atoms with Crippen LogP contribution < -0.4 is 5.73 Å². The zero-order valence-electron chi connectivity index (χ0n) is 11.6. The van der Waals surface area contributed by atoms with Crippen LogP contribution in [-0.4, -0.2) is 41.9 Å². The first kappa shape index (κ1) is 15.1. The average molecular weight is 298 g/mol. The van der Waals surface area contributed by atoms with Crippen LogP contribution in [0.4, 0.5) is 10.1 Å². The molecule has 1 aliphatic rings. The summed E-state index contributed by atoms with van der Waals surface area (Å²) in [4.78, 5) is 14.6. The fraction of sp³-hybridized carbons (Fsp3) is 0.500. The first-order valence-electron chi connectivity index (χ1n) is 6.56. The maximum Gasteiger partial charge on any atom is 0.233 e. The van der Waals surface area contributed by atoms with Crippen molar-refractivity contribution >= 4 is 23.4 Å². The number of halogens is 1. The van der Waals surface area contributed by atoms with Crippen molar-refractivity contribution in [3.63, 3.8) is 0 Å². The molecule has 1 aromatic rings. The van der Waals surface area contributed by atoms with Gasteiger partial charge in [0.1, 0.15) is 5.82 Å². The predicted octanol–water partition coefficient (Wildman–Crippen LogP) is 2.14.